The van der Waals surface area contributed by atoms with Gasteiger partial charge < -0.3 is 13.6 Å². The number of rotatable bonds is 4. The van der Waals surface area contributed by atoms with Crippen molar-refractivity contribution in [2.75, 3.05) is 13.2 Å². The molecule has 1 fully saturated rings. The van der Waals surface area contributed by atoms with Crippen molar-refractivity contribution in [2.24, 2.45) is 0 Å². The predicted molar refractivity (Wildman–Crippen MR) is 87.0 cm³/mol. The van der Waals surface area contributed by atoms with Gasteiger partial charge >= 0.3 is 0 Å². The molecule has 4 rings (SSSR count). The summed E-state index contributed by atoms with van der Waals surface area (Å²) in [6.07, 6.45) is 1.66. The largest absolute Gasteiger partial charge is 0.459 e. The van der Waals surface area contributed by atoms with Crippen LogP contribution in [0.1, 0.15) is 24.5 Å². The zero-order valence-electron chi connectivity index (χ0n) is 13.5. The Morgan fingerprint density at radius 2 is 2.00 bits per heavy atom. The van der Waals surface area contributed by atoms with Gasteiger partial charge in [0.05, 0.1) is 25.5 Å². The van der Waals surface area contributed by atoms with E-state index in [9.17, 15) is 0 Å². The van der Waals surface area contributed by atoms with Crippen LogP contribution in [0.25, 0.3) is 11.7 Å². The van der Waals surface area contributed by atoms with Gasteiger partial charge in [0.2, 0.25) is 5.89 Å². The molecule has 0 bridgehead atoms. The van der Waals surface area contributed by atoms with E-state index in [1.165, 1.54) is 5.56 Å². The average molecular weight is 325 g/mol. The molecule has 24 heavy (non-hydrogen) atoms. The number of nitrogens with zero attached hydrogens (tertiary/aromatic N) is 3. The Balaban J connectivity index is 1.47. The molecule has 0 saturated carbocycles. The topological polar surface area (TPSA) is 64.5 Å². The normalized spacial score (nSPS) is 21.9. The first-order valence-corrected chi connectivity index (χ1v) is 8.06. The van der Waals surface area contributed by atoms with Crippen molar-refractivity contribution in [3.8, 4) is 11.7 Å². The molecule has 6 heteroatoms. The fourth-order valence-electron chi connectivity index (χ4n) is 2.89. The molecule has 0 spiro atoms. The second-order valence-electron chi connectivity index (χ2n) is 5.99. The zero-order valence-corrected chi connectivity index (χ0v) is 13.5. The highest BCUT2D eigenvalue weighted by Gasteiger charge is 2.28. The van der Waals surface area contributed by atoms with E-state index in [0.717, 1.165) is 6.54 Å². The summed E-state index contributed by atoms with van der Waals surface area (Å²) < 4.78 is 17.0. The van der Waals surface area contributed by atoms with Gasteiger partial charge in [0.25, 0.3) is 5.89 Å². The number of hydrogen-bond donors (Lipinski definition) is 0. The molecule has 2 atom stereocenters. The van der Waals surface area contributed by atoms with Crippen molar-refractivity contribution in [1.82, 2.24) is 15.1 Å². The molecule has 1 aromatic carbocycles. The van der Waals surface area contributed by atoms with Gasteiger partial charge in [-0.1, -0.05) is 30.3 Å². The second-order valence-corrected chi connectivity index (χ2v) is 5.99. The molecule has 1 aliphatic heterocycles. The van der Waals surface area contributed by atoms with Gasteiger partial charge in [-0.2, -0.15) is 0 Å². The standard InChI is InChI=1S/C18H19N3O3/c1-13-12-23-16(14-6-3-2-4-7-14)10-21(13)11-17-19-20-18(24-17)15-8-5-9-22-15/h2-9,13,16H,10-12H2,1H3/t13-,16+/m0/s1. The van der Waals surface area contributed by atoms with Crippen LogP contribution in [0.4, 0.5) is 0 Å². The van der Waals surface area contributed by atoms with Crippen molar-refractivity contribution >= 4 is 0 Å². The van der Waals surface area contributed by atoms with Crippen LogP contribution in [-0.2, 0) is 11.3 Å². The lowest BCUT2D eigenvalue weighted by atomic mass is 10.1. The molecule has 124 valence electrons. The molecular formula is C18H19N3O3. The highest BCUT2D eigenvalue weighted by atomic mass is 16.5. The van der Waals surface area contributed by atoms with Crippen LogP contribution in [0.2, 0.25) is 0 Å². The van der Waals surface area contributed by atoms with E-state index in [2.05, 4.69) is 34.2 Å². The van der Waals surface area contributed by atoms with Gasteiger partial charge in [0, 0.05) is 12.6 Å². The third kappa shape index (κ3) is 3.11. The quantitative estimate of drug-likeness (QED) is 0.733. The Kier molecular flexibility index (Phi) is 4.15. The third-order valence-corrected chi connectivity index (χ3v) is 4.27. The summed E-state index contributed by atoms with van der Waals surface area (Å²) in [6, 6.07) is 14.2. The smallest absolute Gasteiger partial charge is 0.283 e. The van der Waals surface area contributed by atoms with E-state index in [0.29, 0.717) is 36.7 Å². The monoisotopic (exact) mass is 325 g/mol. The second kappa shape index (κ2) is 6.59. The Bertz CT molecular complexity index is 770. The van der Waals surface area contributed by atoms with E-state index in [-0.39, 0.29) is 6.10 Å². The summed E-state index contributed by atoms with van der Waals surface area (Å²) in [5.74, 6) is 1.59. The predicted octanol–water partition coefficient (Wildman–Crippen LogP) is 3.29. The Morgan fingerprint density at radius 1 is 1.12 bits per heavy atom. The van der Waals surface area contributed by atoms with E-state index < -0.39 is 0 Å². The molecule has 1 aliphatic rings. The summed E-state index contributed by atoms with van der Waals surface area (Å²) in [5.41, 5.74) is 1.19. The van der Waals surface area contributed by atoms with Crippen LogP contribution in [0.3, 0.4) is 0 Å². The highest BCUT2D eigenvalue weighted by Crippen LogP contribution is 2.26. The molecule has 6 nitrogen and oxygen atoms in total. The van der Waals surface area contributed by atoms with Gasteiger partial charge in [-0.25, -0.2) is 0 Å². The first-order valence-electron chi connectivity index (χ1n) is 8.06. The average Bonchev–Trinajstić information content (AvgIpc) is 3.29. The summed E-state index contributed by atoms with van der Waals surface area (Å²) >= 11 is 0. The van der Waals surface area contributed by atoms with Crippen LogP contribution >= 0.6 is 0 Å². The lowest BCUT2D eigenvalue weighted by Gasteiger charge is -2.37. The van der Waals surface area contributed by atoms with Gasteiger partial charge in [-0.15, -0.1) is 10.2 Å². The molecule has 3 heterocycles. The number of benzene rings is 1. The molecule has 2 aromatic heterocycles. The maximum atomic E-state index is 5.99. The SMILES string of the molecule is C[C@H]1CO[C@@H](c2ccccc2)CN1Cc1nnc(-c2ccco2)o1. The summed E-state index contributed by atoms with van der Waals surface area (Å²) in [6.45, 7) is 4.22. The van der Waals surface area contributed by atoms with Crippen LogP contribution < -0.4 is 0 Å². The van der Waals surface area contributed by atoms with E-state index >= 15 is 0 Å². The van der Waals surface area contributed by atoms with Crippen LogP contribution in [0, 0.1) is 0 Å². The maximum absolute atomic E-state index is 5.99. The first-order chi connectivity index (χ1) is 11.8. The number of ether oxygens (including phenoxy) is 1. The Hall–Kier alpha value is -2.44. The molecule has 0 aliphatic carbocycles. The molecule has 1 saturated heterocycles. The summed E-state index contributed by atoms with van der Waals surface area (Å²) in [4.78, 5) is 2.31. The number of furan rings is 1. The Labute approximate surface area is 140 Å². The van der Waals surface area contributed by atoms with E-state index in [1.807, 2.05) is 18.2 Å². The van der Waals surface area contributed by atoms with Crippen LogP contribution in [0.5, 0.6) is 0 Å². The molecule has 0 unspecified atom stereocenters. The molecule has 0 radical (unpaired) electrons. The van der Waals surface area contributed by atoms with Gasteiger partial charge in [0.15, 0.2) is 5.76 Å². The summed E-state index contributed by atoms with van der Waals surface area (Å²) in [5, 5.41) is 8.20. The van der Waals surface area contributed by atoms with Crippen LogP contribution in [-0.4, -0.2) is 34.3 Å². The van der Waals surface area contributed by atoms with Crippen molar-refractivity contribution in [2.45, 2.75) is 25.6 Å². The van der Waals surface area contributed by atoms with Crippen molar-refractivity contribution in [3.63, 3.8) is 0 Å². The number of hydrogen-bond acceptors (Lipinski definition) is 6. The highest BCUT2D eigenvalue weighted by molar-refractivity contribution is 5.42. The molecule has 3 aromatic rings. The van der Waals surface area contributed by atoms with Gasteiger partial charge in [0.1, 0.15) is 0 Å². The minimum Gasteiger partial charge on any atom is -0.459 e. The lowest BCUT2D eigenvalue weighted by molar-refractivity contribution is -0.0655. The van der Waals surface area contributed by atoms with Crippen molar-refractivity contribution in [3.05, 3.63) is 60.2 Å². The Morgan fingerprint density at radius 3 is 2.79 bits per heavy atom. The number of morpholine rings is 1. The van der Waals surface area contributed by atoms with Gasteiger partial charge in [-0.3, -0.25) is 4.90 Å². The maximum Gasteiger partial charge on any atom is 0.283 e. The first kappa shape index (κ1) is 15.1. The fraction of sp³-hybridized carbons (Fsp3) is 0.333. The zero-order chi connectivity index (χ0) is 16.4. The number of aromatic nitrogens is 2. The molecular weight excluding hydrogens is 306 g/mol. The fourth-order valence-corrected chi connectivity index (χ4v) is 2.89. The minimum absolute atomic E-state index is 0.0647. The lowest BCUT2D eigenvalue weighted by Crippen LogP contribution is -2.44. The third-order valence-electron chi connectivity index (χ3n) is 4.27. The summed E-state index contributed by atoms with van der Waals surface area (Å²) in [7, 11) is 0. The molecule has 0 N–H and O–H groups in total. The van der Waals surface area contributed by atoms with Crippen LogP contribution in [0.15, 0.2) is 57.6 Å². The molecule has 0 amide bonds. The van der Waals surface area contributed by atoms with Crippen molar-refractivity contribution in [1.29, 1.82) is 0 Å². The van der Waals surface area contributed by atoms with Gasteiger partial charge in [-0.05, 0) is 24.6 Å². The minimum atomic E-state index is 0.0647. The van der Waals surface area contributed by atoms with E-state index in [1.54, 1.807) is 18.4 Å². The van der Waals surface area contributed by atoms with Crippen molar-refractivity contribution < 1.29 is 13.6 Å². The van der Waals surface area contributed by atoms with E-state index in [4.69, 9.17) is 13.6 Å².